The van der Waals surface area contributed by atoms with Gasteiger partial charge in [-0.1, -0.05) is 24.3 Å². The minimum Gasteiger partial charge on any atom is -0.370 e. The van der Waals surface area contributed by atoms with Crippen LogP contribution in [0.3, 0.4) is 0 Å². The molecule has 1 aliphatic heterocycles. The number of aryl methyl sites for hydroxylation is 1. The molecule has 2 aromatic carbocycles. The Morgan fingerprint density at radius 2 is 1.78 bits per heavy atom. The molecule has 0 unspecified atom stereocenters. The predicted molar refractivity (Wildman–Crippen MR) is 119 cm³/mol. The molecule has 0 bridgehead atoms. The largest absolute Gasteiger partial charge is 0.370 e. The standard InChI is InChI=1S/C24H27F2N5O/c1-17-4-2-3-5-20(17)24-18(15-30-12-10-29(11-13-30)9-8-23(27)32)16-31(28-24)22-7-6-19(25)14-21(22)26/h2-7,14,16H,8-13,15H2,1H3,(H2,27,32). The average Bonchev–Trinajstić information content (AvgIpc) is 3.16. The van der Waals surface area contributed by atoms with Gasteiger partial charge >= 0.3 is 0 Å². The van der Waals surface area contributed by atoms with Gasteiger partial charge in [-0.25, -0.2) is 13.5 Å². The molecule has 1 aliphatic rings. The normalized spacial score (nSPS) is 15.2. The molecule has 168 valence electrons. The van der Waals surface area contributed by atoms with E-state index in [1.807, 2.05) is 37.4 Å². The lowest BCUT2D eigenvalue weighted by molar-refractivity contribution is -0.118. The molecule has 0 atom stereocenters. The lowest BCUT2D eigenvalue weighted by Crippen LogP contribution is -2.46. The van der Waals surface area contributed by atoms with Crippen LogP contribution in [0, 0.1) is 18.6 Å². The summed E-state index contributed by atoms with van der Waals surface area (Å²) in [6.45, 7) is 6.77. The first-order valence-electron chi connectivity index (χ1n) is 10.7. The van der Waals surface area contributed by atoms with Gasteiger partial charge in [0.25, 0.3) is 0 Å². The molecule has 0 spiro atoms. The molecule has 2 N–H and O–H groups in total. The van der Waals surface area contributed by atoms with E-state index in [0.29, 0.717) is 19.5 Å². The number of carbonyl (C=O) groups is 1. The monoisotopic (exact) mass is 439 g/mol. The lowest BCUT2D eigenvalue weighted by atomic mass is 10.0. The first-order valence-corrected chi connectivity index (χ1v) is 10.7. The van der Waals surface area contributed by atoms with Crippen molar-refractivity contribution in [3.63, 3.8) is 0 Å². The van der Waals surface area contributed by atoms with Crippen LogP contribution >= 0.6 is 0 Å². The fourth-order valence-corrected chi connectivity index (χ4v) is 4.06. The van der Waals surface area contributed by atoms with Crippen LogP contribution in [0.25, 0.3) is 16.9 Å². The number of carbonyl (C=O) groups excluding carboxylic acids is 1. The summed E-state index contributed by atoms with van der Waals surface area (Å²) in [6.07, 6.45) is 2.20. The van der Waals surface area contributed by atoms with Crippen molar-refractivity contribution in [3.8, 4) is 16.9 Å². The van der Waals surface area contributed by atoms with Gasteiger partial charge in [-0.05, 0) is 24.6 Å². The Balaban J connectivity index is 1.59. The van der Waals surface area contributed by atoms with E-state index in [1.54, 1.807) is 0 Å². The fourth-order valence-electron chi connectivity index (χ4n) is 4.06. The van der Waals surface area contributed by atoms with Gasteiger partial charge in [0.15, 0.2) is 5.82 Å². The number of hydrogen-bond acceptors (Lipinski definition) is 4. The van der Waals surface area contributed by atoms with Gasteiger partial charge in [-0.3, -0.25) is 9.69 Å². The third-order valence-corrected chi connectivity index (χ3v) is 5.88. The number of nitrogens with zero attached hydrogens (tertiary/aromatic N) is 4. The highest BCUT2D eigenvalue weighted by molar-refractivity contribution is 5.73. The molecule has 1 saturated heterocycles. The van der Waals surface area contributed by atoms with E-state index in [9.17, 15) is 13.6 Å². The summed E-state index contributed by atoms with van der Waals surface area (Å²) in [4.78, 5) is 15.6. The van der Waals surface area contributed by atoms with Crippen molar-refractivity contribution < 1.29 is 13.6 Å². The summed E-state index contributed by atoms with van der Waals surface area (Å²) in [5.74, 6) is -1.55. The molecule has 2 heterocycles. The third-order valence-electron chi connectivity index (χ3n) is 5.88. The van der Waals surface area contributed by atoms with Crippen molar-refractivity contribution in [2.24, 2.45) is 5.73 Å². The minimum absolute atomic E-state index is 0.212. The molecule has 1 aromatic heterocycles. The summed E-state index contributed by atoms with van der Waals surface area (Å²) in [5.41, 5.74) is 9.31. The number of halogens is 2. The van der Waals surface area contributed by atoms with E-state index in [1.165, 1.54) is 16.8 Å². The molecule has 0 saturated carbocycles. The van der Waals surface area contributed by atoms with Crippen LogP contribution in [0.2, 0.25) is 0 Å². The lowest BCUT2D eigenvalue weighted by Gasteiger charge is -2.34. The summed E-state index contributed by atoms with van der Waals surface area (Å²) >= 11 is 0. The van der Waals surface area contributed by atoms with Crippen LogP contribution < -0.4 is 5.73 Å². The zero-order valence-corrected chi connectivity index (χ0v) is 18.1. The molecule has 0 aliphatic carbocycles. The number of hydrogen-bond donors (Lipinski definition) is 1. The Bertz CT molecular complexity index is 1110. The highest BCUT2D eigenvalue weighted by Gasteiger charge is 2.21. The van der Waals surface area contributed by atoms with E-state index < -0.39 is 11.6 Å². The van der Waals surface area contributed by atoms with Gasteiger partial charge in [-0.2, -0.15) is 5.10 Å². The predicted octanol–water partition coefficient (Wildman–Crippen LogP) is 3.12. The van der Waals surface area contributed by atoms with Crippen molar-refractivity contribution in [3.05, 3.63) is 71.4 Å². The maximum Gasteiger partial charge on any atom is 0.218 e. The average molecular weight is 440 g/mol. The Morgan fingerprint density at radius 1 is 1.06 bits per heavy atom. The van der Waals surface area contributed by atoms with Gasteiger partial charge in [0.2, 0.25) is 5.91 Å². The van der Waals surface area contributed by atoms with Crippen LogP contribution in [-0.2, 0) is 11.3 Å². The van der Waals surface area contributed by atoms with Gasteiger partial charge < -0.3 is 10.6 Å². The molecular weight excluding hydrogens is 412 g/mol. The molecule has 1 fully saturated rings. The second-order valence-corrected chi connectivity index (χ2v) is 8.19. The highest BCUT2D eigenvalue weighted by Crippen LogP contribution is 2.28. The first kappa shape index (κ1) is 22.1. The zero-order chi connectivity index (χ0) is 22.7. The summed E-state index contributed by atoms with van der Waals surface area (Å²) in [6, 6.07) is 11.5. The number of rotatable bonds is 7. The van der Waals surface area contributed by atoms with Gasteiger partial charge in [0, 0.05) is 69.1 Å². The van der Waals surface area contributed by atoms with Crippen LogP contribution in [0.4, 0.5) is 8.78 Å². The topological polar surface area (TPSA) is 67.4 Å². The van der Waals surface area contributed by atoms with Gasteiger partial charge in [-0.15, -0.1) is 0 Å². The molecule has 6 nitrogen and oxygen atoms in total. The fraction of sp³-hybridized carbons (Fsp3) is 0.333. The van der Waals surface area contributed by atoms with Gasteiger partial charge in [0.1, 0.15) is 11.5 Å². The Morgan fingerprint density at radius 3 is 2.47 bits per heavy atom. The smallest absolute Gasteiger partial charge is 0.218 e. The van der Waals surface area contributed by atoms with Crippen LogP contribution in [-0.4, -0.2) is 58.2 Å². The van der Waals surface area contributed by atoms with Crippen molar-refractivity contribution in [2.45, 2.75) is 19.9 Å². The summed E-state index contributed by atoms with van der Waals surface area (Å²) in [5, 5.41) is 4.70. The number of primary amides is 1. The van der Waals surface area contributed by atoms with Crippen LogP contribution in [0.15, 0.2) is 48.7 Å². The van der Waals surface area contributed by atoms with Crippen molar-refractivity contribution in [2.75, 3.05) is 32.7 Å². The van der Waals surface area contributed by atoms with E-state index in [-0.39, 0.29) is 11.6 Å². The van der Waals surface area contributed by atoms with Crippen LogP contribution in [0.1, 0.15) is 17.5 Å². The van der Waals surface area contributed by atoms with Crippen molar-refractivity contribution in [1.82, 2.24) is 19.6 Å². The van der Waals surface area contributed by atoms with E-state index >= 15 is 0 Å². The molecule has 3 aromatic rings. The van der Waals surface area contributed by atoms with E-state index in [4.69, 9.17) is 10.8 Å². The second kappa shape index (κ2) is 9.58. The SMILES string of the molecule is Cc1ccccc1-c1nn(-c2ccc(F)cc2F)cc1CN1CCN(CCC(N)=O)CC1. The summed E-state index contributed by atoms with van der Waals surface area (Å²) < 4.78 is 29.3. The molecular formula is C24H27F2N5O. The Hall–Kier alpha value is -3.10. The van der Waals surface area contributed by atoms with Crippen LogP contribution in [0.5, 0.6) is 0 Å². The Kier molecular flexibility index (Phi) is 6.62. The molecule has 4 rings (SSSR count). The number of piperazine rings is 1. The number of amides is 1. The van der Waals surface area contributed by atoms with E-state index in [2.05, 4.69) is 9.80 Å². The highest BCUT2D eigenvalue weighted by atomic mass is 19.1. The minimum atomic E-state index is -0.654. The number of nitrogens with two attached hydrogens (primary N) is 1. The number of benzene rings is 2. The van der Waals surface area contributed by atoms with Gasteiger partial charge in [0.05, 0.1) is 5.69 Å². The maximum atomic E-state index is 14.4. The molecule has 1 amide bonds. The first-order chi connectivity index (χ1) is 15.4. The third kappa shape index (κ3) is 5.03. The molecule has 32 heavy (non-hydrogen) atoms. The van der Waals surface area contributed by atoms with E-state index in [0.717, 1.165) is 54.6 Å². The van der Waals surface area contributed by atoms with Crippen molar-refractivity contribution in [1.29, 1.82) is 0 Å². The second-order valence-electron chi connectivity index (χ2n) is 8.19. The van der Waals surface area contributed by atoms with Crippen molar-refractivity contribution >= 4 is 5.91 Å². The quantitative estimate of drug-likeness (QED) is 0.614. The zero-order valence-electron chi connectivity index (χ0n) is 18.1. The Labute approximate surface area is 186 Å². The molecule has 8 heteroatoms. The summed E-state index contributed by atoms with van der Waals surface area (Å²) in [7, 11) is 0. The molecule has 0 radical (unpaired) electrons. The number of aromatic nitrogens is 2. The maximum absolute atomic E-state index is 14.4.